The van der Waals surface area contributed by atoms with Gasteiger partial charge in [-0.3, -0.25) is 0 Å². The fraction of sp³-hybridized carbons (Fsp3) is 0. The first-order valence-corrected chi connectivity index (χ1v) is 14.6. The number of rotatable bonds is 3. The number of fused-ring (bicyclic) bond motifs is 2. The minimum absolute atomic E-state index is 1.24. The number of hydrogen-bond donors (Lipinski definition) is 0. The Kier molecular flexibility index (Phi) is 5.00. The third-order valence-electron chi connectivity index (χ3n) is 9.04. The minimum atomic E-state index is 1.24. The lowest BCUT2D eigenvalue weighted by molar-refractivity contribution is 1.63. The van der Waals surface area contributed by atoms with E-state index in [0.717, 1.165) is 0 Å². The van der Waals surface area contributed by atoms with Crippen molar-refractivity contribution in [2.75, 3.05) is 0 Å². The highest BCUT2D eigenvalue weighted by molar-refractivity contribution is 6.28. The largest absolute Gasteiger partial charge is 0.0616 e. The molecule has 0 radical (unpaired) electrons. The van der Waals surface area contributed by atoms with Gasteiger partial charge in [0, 0.05) is 0 Å². The molecule has 0 heterocycles. The molecule has 0 unspecified atom stereocenters. The second-order valence-corrected chi connectivity index (χ2v) is 11.3. The van der Waals surface area contributed by atoms with Gasteiger partial charge in [-0.1, -0.05) is 158 Å². The smallest absolute Gasteiger partial charge is 0.00203 e. The van der Waals surface area contributed by atoms with Crippen LogP contribution in [0.1, 0.15) is 0 Å². The molecule has 0 aliphatic carbocycles. The van der Waals surface area contributed by atoms with Crippen molar-refractivity contribution in [1.82, 2.24) is 0 Å². The van der Waals surface area contributed by atoms with Crippen LogP contribution in [0, 0.1) is 0 Å². The second-order valence-electron chi connectivity index (χ2n) is 11.3. The van der Waals surface area contributed by atoms with Crippen LogP contribution in [0.25, 0.3) is 87.2 Å². The molecular weight excluding hydrogens is 504 g/mol. The van der Waals surface area contributed by atoms with E-state index in [4.69, 9.17) is 0 Å². The van der Waals surface area contributed by atoms with E-state index in [0.29, 0.717) is 0 Å². The molecule has 0 aromatic heterocycles. The fourth-order valence-corrected chi connectivity index (χ4v) is 7.05. The monoisotopic (exact) mass is 530 g/mol. The third-order valence-corrected chi connectivity index (χ3v) is 9.04. The first-order valence-electron chi connectivity index (χ1n) is 14.6. The topological polar surface area (TPSA) is 0 Å². The van der Waals surface area contributed by atoms with Gasteiger partial charge in [-0.15, -0.1) is 0 Å². The van der Waals surface area contributed by atoms with Gasteiger partial charge in [0.25, 0.3) is 0 Å². The highest BCUT2D eigenvalue weighted by atomic mass is 14.2. The summed E-state index contributed by atoms with van der Waals surface area (Å²) < 4.78 is 0. The number of hydrogen-bond acceptors (Lipinski definition) is 0. The Bertz CT molecular complexity index is 2430. The lowest BCUT2D eigenvalue weighted by atomic mass is 9.86. The van der Waals surface area contributed by atoms with Crippen molar-refractivity contribution in [3.05, 3.63) is 158 Å². The van der Waals surface area contributed by atoms with Crippen molar-refractivity contribution in [3.63, 3.8) is 0 Å². The van der Waals surface area contributed by atoms with E-state index in [1.165, 1.54) is 87.2 Å². The SMILES string of the molecule is c1ccc2c(-c3ccc(-c4ccc5ccc6ccc(-c7cccc8ccccc78)c7ccc4c5c67)cc3)cccc2c1. The van der Waals surface area contributed by atoms with Crippen LogP contribution in [-0.4, -0.2) is 0 Å². The summed E-state index contributed by atoms with van der Waals surface area (Å²) in [5.41, 5.74) is 7.61. The highest BCUT2D eigenvalue weighted by Gasteiger charge is 2.16. The summed E-state index contributed by atoms with van der Waals surface area (Å²) in [7, 11) is 0. The van der Waals surface area contributed by atoms with Gasteiger partial charge in [-0.05, 0) is 87.2 Å². The maximum Gasteiger partial charge on any atom is -0.00203 e. The molecule has 9 aromatic rings. The Morgan fingerprint density at radius 1 is 0.214 bits per heavy atom. The lowest BCUT2D eigenvalue weighted by Gasteiger charge is -2.17. The van der Waals surface area contributed by atoms with E-state index < -0.39 is 0 Å². The predicted molar refractivity (Wildman–Crippen MR) is 181 cm³/mol. The van der Waals surface area contributed by atoms with Crippen LogP contribution in [0.3, 0.4) is 0 Å². The van der Waals surface area contributed by atoms with Gasteiger partial charge >= 0.3 is 0 Å². The molecule has 0 saturated carbocycles. The Hall–Kier alpha value is -5.46. The molecule has 42 heavy (non-hydrogen) atoms. The van der Waals surface area contributed by atoms with Gasteiger partial charge in [0.15, 0.2) is 0 Å². The van der Waals surface area contributed by atoms with Crippen molar-refractivity contribution >= 4 is 53.9 Å². The van der Waals surface area contributed by atoms with E-state index in [2.05, 4.69) is 158 Å². The average molecular weight is 531 g/mol. The van der Waals surface area contributed by atoms with Gasteiger partial charge in [-0.25, -0.2) is 0 Å². The molecule has 0 N–H and O–H groups in total. The van der Waals surface area contributed by atoms with Crippen LogP contribution in [-0.2, 0) is 0 Å². The average Bonchev–Trinajstić information content (AvgIpc) is 3.06. The van der Waals surface area contributed by atoms with Gasteiger partial charge in [0.2, 0.25) is 0 Å². The van der Waals surface area contributed by atoms with Crippen LogP contribution in [0.4, 0.5) is 0 Å². The van der Waals surface area contributed by atoms with E-state index in [-0.39, 0.29) is 0 Å². The summed E-state index contributed by atoms with van der Waals surface area (Å²) in [6.07, 6.45) is 0. The van der Waals surface area contributed by atoms with Crippen molar-refractivity contribution in [2.24, 2.45) is 0 Å². The second kappa shape index (κ2) is 9.03. The summed E-state index contributed by atoms with van der Waals surface area (Å²) in [5.74, 6) is 0. The Morgan fingerprint density at radius 3 is 1.24 bits per heavy atom. The van der Waals surface area contributed by atoms with E-state index in [1.807, 2.05) is 0 Å². The predicted octanol–water partition coefficient (Wildman–Crippen LogP) is 11.9. The summed E-state index contributed by atoms with van der Waals surface area (Å²) in [5, 5.41) is 13.0. The van der Waals surface area contributed by atoms with E-state index in [9.17, 15) is 0 Å². The molecule has 9 rings (SSSR count). The standard InChI is InChI=1S/C42H26/c1-3-11-33-27(7-1)9-5-13-34(33)29-15-17-30(18-16-29)36-23-21-31-19-20-32-22-24-38(40-26-25-39(36)41(31)42(32)40)37-14-6-10-28-8-2-4-12-35(28)37/h1-26H. The zero-order valence-electron chi connectivity index (χ0n) is 23.0. The fourth-order valence-electron chi connectivity index (χ4n) is 7.05. The van der Waals surface area contributed by atoms with Gasteiger partial charge in [-0.2, -0.15) is 0 Å². The highest BCUT2D eigenvalue weighted by Crippen LogP contribution is 2.43. The molecule has 0 spiro atoms. The molecule has 0 atom stereocenters. The third kappa shape index (κ3) is 3.42. The molecular formula is C42H26. The molecule has 0 fully saturated rings. The molecule has 9 aromatic carbocycles. The number of benzene rings is 9. The first kappa shape index (κ1) is 23.3. The van der Waals surface area contributed by atoms with Crippen LogP contribution in [0.15, 0.2) is 158 Å². The van der Waals surface area contributed by atoms with Gasteiger partial charge < -0.3 is 0 Å². The maximum atomic E-state index is 2.34. The summed E-state index contributed by atoms with van der Waals surface area (Å²) in [4.78, 5) is 0. The zero-order valence-corrected chi connectivity index (χ0v) is 23.0. The zero-order chi connectivity index (χ0) is 27.6. The minimum Gasteiger partial charge on any atom is -0.0616 e. The Labute approximate surface area is 244 Å². The first-order chi connectivity index (χ1) is 20.8. The molecule has 194 valence electrons. The van der Waals surface area contributed by atoms with Crippen molar-refractivity contribution in [2.45, 2.75) is 0 Å². The normalized spacial score (nSPS) is 11.8. The van der Waals surface area contributed by atoms with E-state index in [1.54, 1.807) is 0 Å². The molecule has 0 aliphatic rings. The summed E-state index contributed by atoms with van der Waals surface area (Å²) in [6.45, 7) is 0. The Morgan fingerprint density at radius 2 is 0.619 bits per heavy atom. The van der Waals surface area contributed by atoms with Crippen LogP contribution in [0.2, 0.25) is 0 Å². The molecule has 0 heteroatoms. The maximum absolute atomic E-state index is 2.34. The molecule has 0 nitrogen and oxygen atoms in total. The van der Waals surface area contributed by atoms with Crippen molar-refractivity contribution in [3.8, 4) is 33.4 Å². The lowest BCUT2D eigenvalue weighted by Crippen LogP contribution is -1.90. The van der Waals surface area contributed by atoms with Crippen LogP contribution in [0.5, 0.6) is 0 Å². The van der Waals surface area contributed by atoms with Crippen LogP contribution >= 0.6 is 0 Å². The molecule has 0 aliphatic heterocycles. The van der Waals surface area contributed by atoms with E-state index >= 15 is 0 Å². The van der Waals surface area contributed by atoms with Gasteiger partial charge in [0.05, 0.1) is 0 Å². The molecule has 0 saturated heterocycles. The molecule has 0 amide bonds. The van der Waals surface area contributed by atoms with Gasteiger partial charge in [0.1, 0.15) is 0 Å². The summed E-state index contributed by atoms with van der Waals surface area (Å²) >= 11 is 0. The molecule has 0 bridgehead atoms. The Balaban J connectivity index is 1.24. The quantitative estimate of drug-likeness (QED) is 0.199. The van der Waals surface area contributed by atoms with Crippen LogP contribution < -0.4 is 0 Å². The van der Waals surface area contributed by atoms with Crippen molar-refractivity contribution < 1.29 is 0 Å². The van der Waals surface area contributed by atoms with Crippen molar-refractivity contribution in [1.29, 1.82) is 0 Å². The summed E-state index contributed by atoms with van der Waals surface area (Å²) in [6, 6.07) is 58.0.